The molecule has 176 valence electrons. The SMILES string of the molecule is COc1cc(Cl)c(C)cc1N1C(=O)[C@@H]2[C@H](C1=O)[C@@H]1c3ccccc3C=CN1[C@H]2C(=O)C(C)(C)C. The monoisotopic (exact) mass is 478 g/mol. The van der Waals surface area contributed by atoms with Crippen molar-refractivity contribution in [3.05, 3.63) is 64.3 Å². The molecule has 2 amide bonds. The molecule has 0 radical (unpaired) electrons. The molecule has 0 saturated carbocycles. The Morgan fingerprint density at radius 1 is 1.06 bits per heavy atom. The number of aryl methyl sites for hydroxylation is 1. The molecule has 0 N–H and O–H groups in total. The first kappa shape index (κ1) is 22.7. The van der Waals surface area contributed by atoms with Crippen molar-refractivity contribution in [1.82, 2.24) is 4.90 Å². The van der Waals surface area contributed by atoms with Gasteiger partial charge in [-0.05, 0) is 35.8 Å². The summed E-state index contributed by atoms with van der Waals surface area (Å²) in [5, 5.41) is 0.484. The zero-order valence-corrected chi connectivity index (χ0v) is 20.6. The number of methoxy groups -OCH3 is 1. The van der Waals surface area contributed by atoms with Gasteiger partial charge in [-0.3, -0.25) is 14.4 Å². The number of imide groups is 1. The Hall–Kier alpha value is -3.12. The zero-order valence-electron chi connectivity index (χ0n) is 19.8. The highest BCUT2D eigenvalue weighted by atomic mass is 35.5. The van der Waals surface area contributed by atoms with Crippen molar-refractivity contribution in [2.45, 2.75) is 39.8 Å². The summed E-state index contributed by atoms with van der Waals surface area (Å²) >= 11 is 6.27. The van der Waals surface area contributed by atoms with E-state index in [2.05, 4.69) is 0 Å². The molecule has 5 rings (SSSR count). The number of nitrogens with zero attached hydrogens (tertiary/aromatic N) is 2. The number of hydrogen-bond acceptors (Lipinski definition) is 5. The number of anilines is 1. The molecular formula is C27H27ClN2O4. The first-order valence-corrected chi connectivity index (χ1v) is 11.7. The van der Waals surface area contributed by atoms with Gasteiger partial charge in [0.05, 0.1) is 30.7 Å². The molecule has 2 saturated heterocycles. The van der Waals surface area contributed by atoms with Crippen molar-refractivity contribution < 1.29 is 19.1 Å². The minimum absolute atomic E-state index is 0.0590. The third-order valence-corrected chi connectivity index (χ3v) is 7.58. The van der Waals surface area contributed by atoms with Gasteiger partial charge in [-0.1, -0.05) is 56.6 Å². The van der Waals surface area contributed by atoms with E-state index in [1.54, 1.807) is 12.1 Å². The first-order chi connectivity index (χ1) is 16.1. The van der Waals surface area contributed by atoms with Crippen LogP contribution in [0.2, 0.25) is 5.02 Å². The maximum atomic E-state index is 14.0. The van der Waals surface area contributed by atoms with Gasteiger partial charge in [0, 0.05) is 22.7 Å². The zero-order chi connectivity index (χ0) is 24.5. The molecule has 2 fully saturated rings. The number of ketones is 1. The van der Waals surface area contributed by atoms with Crippen molar-refractivity contribution in [3.8, 4) is 5.75 Å². The number of fused-ring (bicyclic) bond motifs is 5. The predicted molar refractivity (Wildman–Crippen MR) is 131 cm³/mol. The molecular weight excluding hydrogens is 452 g/mol. The van der Waals surface area contributed by atoms with Crippen LogP contribution in [0.3, 0.4) is 0 Å². The standard InChI is InChI=1S/C27H27ClN2O4/c1-14-12-18(19(34-5)13-17(14)28)30-25(32)20-21(26(30)33)23(24(31)27(2,3)4)29-11-10-15-8-6-7-9-16(15)22(20)29/h6-13,20-23H,1-5H3/t20-,21+,22-,23+/m0/s1. The molecule has 0 aromatic heterocycles. The molecule has 2 aromatic rings. The summed E-state index contributed by atoms with van der Waals surface area (Å²) in [6.45, 7) is 7.37. The number of carbonyl (C=O) groups is 3. The summed E-state index contributed by atoms with van der Waals surface area (Å²) < 4.78 is 5.48. The van der Waals surface area contributed by atoms with Crippen LogP contribution in [0.4, 0.5) is 5.69 Å². The van der Waals surface area contributed by atoms with E-state index in [9.17, 15) is 14.4 Å². The van der Waals surface area contributed by atoms with Crippen LogP contribution in [0.25, 0.3) is 6.08 Å². The Labute approximate surface area is 204 Å². The summed E-state index contributed by atoms with van der Waals surface area (Å²) in [5.41, 5.74) is 2.35. The summed E-state index contributed by atoms with van der Waals surface area (Å²) in [5.74, 6) is -1.89. The first-order valence-electron chi connectivity index (χ1n) is 11.4. The van der Waals surface area contributed by atoms with Crippen LogP contribution in [0.15, 0.2) is 42.6 Å². The summed E-state index contributed by atoms with van der Waals surface area (Å²) in [4.78, 5) is 44.8. The molecule has 6 nitrogen and oxygen atoms in total. The van der Waals surface area contributed by atoms with Gasteiger partial charge in [-0.25, -0.2) is 4.90 Å². The van der Waals surface area contributed by atoms with E-state index in [1.807, 2.05) is 69.1 Å². The summed E-state index contributed by atoms with van der Waals surface area (Å²) in [6, 6.07) is 10.0. The van der Waals surface area contributed by atoms with Crippen molar-refractivity contribution in [1.29, 1.82) is 0 Å². The quantitative estimate of drug-likeness (QED) is 0.593. The van der Waals surface area contributed by atoms with Crippen LogP contribution < -0.4 is 9.64 Å². The smallest absolute Gasteiger partial charge is 0.240 e. The van der Waals surface area contributed by atoms with Gasteiger partial charge in [0.1, 0.15) is 11.8 Å². The Morgan fingerprint density at radius 3 is 2.41 bits per heavy atom. The van der Waals surface area contributed by atoms with E-state index in [0.717, 1.165) is 16.7 Å². The molecule has 2 aromatic carbocycles. The molecule has 7 heteroatoms. The predicted octanol–water partition coefficient (Wildman–Crippen LogP) is 4.79. The van der Waals surface area contributed by atoms with Crippen LogP contribution in [0, 0.1) is 24.2 Å². The number of hydrogen-bond donors (Lipinski definition) is 0. The van der Waals surface area contributed by atoms with Crippen LogP contribution >= 0.6 is 11.6 Å². The average Bonchev–Trinajstić information content (AvgIpc) is 3.27. The minimum Gasteiger partial charge on any atom is -0.495 e. The molecule has 0 spiro atoms. The topological polar surface area (TPSA) is 66.9 Å². The third kappa shape index (κ3) is 3.12. The fourth-order valence-electron chi connectivity index (χ4n) is 5.52. The number of rotatable bonds is 3. The van der Waals surface area contributed by atoms with Gasteiger partial charge in [0.25, 0.3) is 0 Å². The lowest BCUT2D eigenvalue weighted by atomic mass is 9.79. The highest BCUT2D eigenvalue weighted by Gasteiger charge is 2.65. The van der Waals surface area contributed by atoms with Crippen LogP contribution in [-0.4, -0.2) is 35.6 Å². The van der Waals surface area contributed by atoms with Gasteiger partial charge in [0.15, 0.2) is 5.78 Å². The highest BCUT2D eigenvalue weighted by Crippen LogP contribution is 2.55. The Morgan fingerprint density at radius 2 is 1.74 bits per heavy atom. The fourth-order valence-corrected chi connectivity index (χ4v) is 5.68. The lowest BCUT2D eigenvalue weighted by Gasteiger charge is -2.37. The van der Waals surface area contributed by atoms with E-state index >= 15 is 0 Å². The van der Waals surface area contributed by atoms with Crippen molar-refractivity contribution in [2.75, 3.05) is 12.0 Å². The Balaban J connectivity index is 1.69. The minimum atomic E-state index is -0.791. The van der Waals surface area contributed by atoms with Gasteiger partial charge >= 0.3 is 0 Å². The number of amides is 2. The van der Waals surface area contributed by atoms with Crippen molar-refractivity contribution in [3.63, 3.8) is 0 Å². The molecule has 0 bridgehead atoms. The lowest BCUT2D eigenvalue weighted by molar-refractivity contribution is -0.135. The number of ether oxygens (including phenoxy) is 1. The number of halogens is 1. The number of Topliss-reactive ketones (excluding diaryl/α,β-unsaturated/α-hetero) is 1. The molecule has 3 aliphatic heterocycles. The van der Waals surface area contributed by atoms with E-state index in [4.69, 9.17) is 16.3 Å². The largest absolute Gasteiger partial charge is 0.495 e. The van der Waals surface area contributed by atoms with Crippen LogP contribution in [0.5, 0.6) is 5.75 Å². The van der Waals surface area contributed by atoms with E-state index in [-0.39, 0.29) is 17.6 Å². The Bertz CT molecular complexity index is 1260. The maximum Gasteiger partial charge on any atom is 0.240 e. The molecule has 34 heavy (non-hydrogen) atoms. The third-order valence-electron chi connectivity index (χ3n) is 7.17. The van der Waals surface area contributed by atoms with Gasteiger partial charge in [0.2, 0.25) is 11.8 Å². The molecule has 0 aliphatic carbocycles. The highest BCUT2D eigenvalue weighted by molar-refractivity contribution is 6.32. The van der Waals surface area contributed by atoms with E-state index < -0.39 is 29.3 Å². The maximum absolute atomic E-state index is 14.0. The molecule has 4 atom stereocenters. The summed E-state index contributed by atoms with van der Waals surface area (Å²) in [7, 11) is 1.48. The van der Waals surface area contributed by atoms with Gasteiger partial charge in [-0.2, -0.15) is 0 Å². The molecule has 3 heterocycles. The second-order valence-corrected chi connectivity index (χ2v) is 10.6. The van der Waals surface area contributed by atoms with Crippen LogP contribution in [0.1, 0.15) is 43.5 Å². The second-order valence-electron chi connectivity index (χ2n) is 10.2. The van der Waals surface area contributed by atoms with E-state index in [0.29, 0.717) is 16.5 Å². The second kappa shape index (κ2) is 7.70. The van der Waals surface area contributed by atoms with Crippen LogP contribution in [-0.2, 0) is 14.4 Å². The summed E-state index contributed by atoms with van der Waals surface area (Å²) in [6.07, 6.45) is 3.83. The lowest BCUT2D eigenvalue weighted by Crippen LogP contribution is -2.47. The van der Waals surface area contributed by atoms with Crippen molar-refractivity contribution in [2.24, 2.45) is 17.3 Å². The number of benzene rings is 2. The van der Waals surface area contributed by atoms with E-state index in [1.165, 1.54) is 12.0 Å². The fraction of sp³-hybridized carbons (Fsp3) is 0.370. The normalized spacial score (nSPS) is 25.4. The molecule has 3 aliphatic rings. The van der Waals surface area contributed by atoms with Gasteiger partial charge in [-0.15, -0.1) is 0 Å². The average molecular weight is 479 g/mol. The molecule has 0 unspecified atom stereocenters. The van der Waals surface area contributed by atoms with Gasteiger partial charge < -0.3 is 9.64 Å². The van der Waals surface area contributed by atoms with Crippen molar-refractivity contribution >= 4 is 41.0 Å². The number of carbonyl (C=O) groups excluding carboxylic acids is 3. The Kier molecular flexibility index (Phi) is 5.13.